The fraction of sp³-hybridized carbons (Fsp3) is 0.0543. The van der Waals surface area contributed by atoms with Crippen LogP contribution < -0.4 is 0 Å². The molecule has 0 atom stereocenters. The van der Waals surface area contributed by atoms with Crippen molar-refractivity contribution in [2.24, 2.45) is 0 Å². The highest BCUT2D eigenvalue weighted by atomic mass is 32.1. The van der Waals surface area contributed by atoms with Gasteiger partial charge in [-0.3, -0.25) is 0 Å². The van der Waals surface area contributed by atoms with Gasteiger partial charge in [0.15, 0.2) is 0 Å². The first-order valence-corrected chi connectivity index (χ1v) is 45.9. The highest BCUT2D eigenvalue weighted by Crippen LogP contribution is 2.40. The lowest BCUT2D eigenvalue weighted by molar-refractivity contribution is 0.669. The number of benzene rings is 22. The summed E-state index contributed by atoms with van der Waals surface area (Å²) in [6.45, 7) is 14.9. The molecule has 0 aliphatic carbocycles. The topological polar surface area (TPSA) is 13.1 Å². The van der Waals surface area contributed by atoms with Crippen LogP contribution in [0.4, 0.5) is 0 Å². The van der Waals surface area contributed by atoms with E-state index in [1.54, 1.807) is 0 Å². The first-order chi connectivity index (χ1) is 64.2. The van der Waals surface area contributed by atoms with Crippen molar-refractivity contribution in [3.05, 3.63) is 530 Å². The van der Waals surface area contributed by atoms with Gasteiger partial charge in [0.25, 0.3) is 0 Å². The molecule has 0 aliphatic heterocycles. The maximum atomic E-state index is 5.94. The number of thiophene rings is 1. The van der Waals surface area contributed by atoms with Gasteiger partial charge in [0.05, 0.1) is 0 Å². The molecule has 24 aromatic rings. The summed E-state index contributed by atoms with van der Waals surface area (Å²) < 4.78 is 8.67. The molecule has 1 nitrogen and oxygen atoms in total. The highest BCUT2D eigenvalue weighted by Gasteiger charge is 2.14. The van der Waals surface area contributed by atoms with Crippen LogP contribution in [0.1, 0.15) is 38.9 Å². The van der Waals surface area contributed by atoms with Crippen LogP contribution in [-0.2, 0) is 0 Å². The minimum atomic E-state index is 0.948. The zero-order chi connectivity index (χ0) is 89.4. The summed E-state index contributed by atoms with van der Waals surface area (Å²) in [5.41, 5.74) is 31.0. The Morgan fingerprint density at radius 3 is 0.939 bits per heavy atom. The first-order valence-electron chi connectivity index (χ1n) is 45.1. The average molecular weight is 1700 g/mol. The maximum absolute atomic E-state index is 5.94. The lowest BCUT2D eigenvalue weighted by Gasteiger charge is -2.13. The van der Waals surface area contributed by atoms with E-state index in [4.69, 9.17) is 4.42 Å². The molecule has 22 aromatic carbocycles. The van der Waals surface area contributed by atoms with E-state index in [2.05, 4.69) is 522 Å². The Hall–Kier alpha value is -15.8. The Labute approximate surface area is 773 Å². The minimum absolute atomic E-state index is 0.948. The number of hydrogen-bond donors (Lipinski definition) is 0. The second-order valence-electron chi connectivity index (χ2n) is 34.0. The molecule has 0 bridgehead atoms. The monoisotopic (exact) mass is 1700 g/mol. The van der Waals surface area contributed by atoms with E-state index in [1.807, 2.05) is 29.5 Å². The van der Waals surface area contributed by atoms with Gasteiger partial charge in [-0.25, -0.2) is 0 Å². The number of hydrogen-bond acceptors (Lipinski definition) is 2. The second-order valence-corrected chi connectivity index (χ2v) is 35.1. The van der Waals surface area contributed by atoms with E-state index >= 15 is 0 Å². The molecule has 0 radical (unpaired) electrons. The number of aryl methyl sites for hydroxylation is 7. The lowest BCUT2D eigenvalue weighted by atomic mass is 9.91. The van der Waals surface area contributed by atoms with Crippen molar-refractivity contribution < 1.29 is 4.42 Å². The molecule has 0 spiro atoms. The van der Waals surface area contributed by atoms with Gasteiger partial charge in [-0.05, 0) is 264 Å². The Morgan fingerprint density at radius 2 is 0.427 bits per heavy atom. The van der Waals surface area contributed by atoms with E-state index in [0.717, 1.165) is 11.2 Å². The van der Waals surface area contributed by atoms with E-state index in [1.165, 1.54) is 213 Å². The summed E-state index contributed by atoms with van der Waals surface area (Å²) >= 11 is 1.87. The number of furan rings is 1. The predicted molar refractivity (Wildman–Crippen MR) is 569 cm³/mol. The van der Waals surface area contributed by atoms with Crippen molar-refractivity contribution in [1.82, 2.24) is 0 Å². The van der Waals surface area contributed by atoms with Crippen LogP contribution in [-0.4, -0.2) is 0 Å². The molecule has 630 valence electrons. The number of para-hydroxylation sites is 1. The van der Waals surface area contributed by atoms with Crippen LogP contribution in [0.25, 0.3) is 185 Å². The zero-order valence-corrected chi connectivity index (χ0v) is 75.9. The zero-order valence-electron chi connectivity index (χ0n) is 75.1. The summed E-state index contributed by atoms with van der Waals surface area (Å²) in [4.78, 5) is 0. The van der Waals surface area contributed by atoms with Crippen LogP contribution >= 0.6 is 11.3 Å². The largest absolute Gasteiger partial charge is 0.456 e. The second kappa shape index (κ2) is 40.4. The standard InChI is InChI=1S/C35H26.C19H14O.C19H14S.2C17H14.2C11H10/c1-25-8-7-13-30(20-25)34-22-33(29-16-14-28(15-17-29)26-9-3-2-4-10-26)23-35(24-34)32-19-18-27-11-5-6-12-31(27)21-32;2*1-13-6-8-14(9-7-13)15-10-11-17-16-4-2-3-5-18(16)20-19(17)12-15;1-13-5-4-8-15(11-13)17-10-9-14-6-2-3-7-16(14)12-17;1-13-6-8-15(9-7-13)17-11-10-14-4-2-3-5-16(14)12-17;1-9-5-4-7-10-6-2-3-8-11(9)10;1-9-6-7-10-4-2-3-5-11(10)8-9/h2-24H,1H3;2*2-12H,1H3;2*2-12H,1H3;2*2-8H,1H3. The molecule has 0 unspecified atom stereocenters. The van der Waals surface area contributed by atoms with Gasteiger partial charge in [-0.1, -0.05) is 458 Å². The molecule has 2 aromatic heterocycles. The number of rotatable bonds is 8. The lowest BCUT2D eigenvalue weighted by Crippen LogP contribution is -1.87. The van der Waals surface area contributed by atoms with Crippen LogP contribution in [0.3, 0.4) is 0 Å². The molecule has 0 amide bonds. The van der Waals surface area contributed by atoms with E-state index in [9.17, 15) is 0 Å². The Morgan fingerprint density at radius 1 is 0.137 bits per heavy atom. The molecular weight excluding hydrogens is 1600 g/mol. The average Bonchev–Trinajstić information content (AvgIpc) is 1.65. The molecule has 2 heterocycles. The van der Waals surface area contributed by atoms with Crippen LogP contribution in [0.2, 0.25) is 0 Å². The fourth-order valence-corrected chi connectivity index (χ4v) is 18.3. The van der Waals surface area contributed by atoms with E-state index in [-0.39, 0.29) is 0 Å². The summed E-state index contributed by atoms with van der Waals surface area (Å²) in [5.74, 6) is 0. The summed E-state index contributed by atoms with van der Waals surface area (Å²) in [5, 5.41) is 18.1. The van der Waals surface area contributed by atoms with Gasteiger partial charge in [0.1, 0.15) is 11.2 Å². The molecule has 24 rings (SSSR count). The van der Waals surface area contributed by atoms with Crippen LogP contribution in [0.15, 0.2) is 496 Å². The van der Waals surface area contributed by atoms with Crippen molar-refractivity contribution in [2.75, 3.05) is 0 Å². The molecule has 131 heavy (non-hydrogen) atoms. The fourth-order valence-electron chi connectivity index (χ4n) is 17.1. The van der Waals surface area contributed by atoms with E-state index in [0.29, 0.717) is 0 Å². The Kier molecular flexibility index (Phi) is 26.5. The molecule has 0 N–H and O–H groups in total. The highest BCUT2D eigenvalue weighted by molar-refractivity contribution is 7.25. The van der Waals surface area contributed by atoms with Gasteiger partial charge >= 0.3 is 0 Å². The van der Waals surface area contributed by atoms with Crippen molar-refractivity contribution >= 4 is 107 Å². The molecular formula is C129H102OS. The quantitative estimate of drug-likeness (QED) is 0.148. The smallest absolute Gasteiger partial charge is 0.136 e. The number of fused-ring (bicyclic) bond motifs is 11. The van der Waals surface area contributed by atoms with Gasteiger partial charge in [-0.15, -0.1) is 11.3 Å². The van der Waals surface area contributed by atoms with Crippen molar-refractivity contribution in [2.45, 2.75) is 48.5 Å². The SMILES string of the molecule is Cc1ccc(-c2ccc3c(c2)oc2ccccc23)cc1.Cc1ccc(-c2ccc3c(c2)sc2ccccc23)cc1.Cc1ccc(-c2ccc3ccccc3c2)cc1.Cc1ccc2ccccc2c1.Cc1cccc(-c2cc(-c3ccc(-c4ccccc4)cc3)cc(-c3ccc4ccccc4c3)c2)c1.Cc1cccc(-c2ccc3ccccc3c2)c1.Cc1cccc2ccccc12. The third-order valence-corrected chi connectivity index (χ3v) is 25.5. The molecule has 0 saturated heterocycles. The van der Waals surface area contributed by atoms with Crippen molar-refractivity contribution in [3.8, 4) is 89.0 Å². The van der Waals surface area contributed by atoms with Gasteiger partial charge < -0.3 is 4.42 Å². The summed E-state index contributed by atoms with van der Waals surface area (Å²) in [6.07, 6.45) is 0. The van der Waals surface area contributed by atoms with Gasteiger partial charge in [-0.2, -0.15) is 0 Å². The predicted octanol–water partition coefficient (Wildman–Crippen LogP) is 37.3. The van der Waals surface area contributed by atoms with Crippen molar-refractivity contribution in [1.29, 1.82) is 0 Å². The normalized spacial score (nSPS) is 10.9. The third-order valence-electron chi connectivity index (χ3n) is 24.4. The Bertz CT molecular complexity index is 7900. The minimum Gasteiger partial charge on any atom is -0.456 e. The molecule has 0 fully saturated rings. The molecule has 0 saturated carbocycles. The van der Waals surface area contributed by atoms with E-state index < -0.39 is 0 Å². The molecule has 2 heteroatoms. The van der Waals surface area contributed by atoms with Crippen molar-refractivity contribution in [3.63, 3.8) is 0 Å². The summed E-state index contributed by atoms with van der Waals surface area (Å²) in [7, 11) is 0. The maximum Gasteiger partial charge on any atom is 0.136 e. The first kappa shape index (κ1) is 85.9. The van der Waals surface area contributed by atoms with Gasteiger partial charge in [0, 0.05) is 30.9 Å². The van der Waals surface area contributed by atoms with Gasteiger partial charge in [0.2, 0.25) is 0 Å². The third kappa shape index (κ3) is 21.1. The van der Waals surface area contributed by atoms with Crippen LogP contribution in [0, 0.1) is 48.5 Å². The summed E-state index contributed by atoms with van der Waals surface area (Å²) in [6, 6.07) is 175. The van der Waals surface area contributed by atoms with Crippen LogP contribution in [0.5, 0.6) is 0 Å². The Balaban J connectivity index is 0.000000106. The molecule has 0 aliphatic rings.